The fourth-order valence-electron chi connectivity index (χ4n) is 0.409. The molecule has 0 radical (unpaired) electrons. The van der Waals surface area contributed by atoms with Gasteiger partial charge in [-0.3, -0.25) is 4.79 Å². The normalized spacial score (nSPS) is 15.3. The molecule has 0 aromatic rings. The van der Waals surface area contributed by atoms with Crippen LogP contribution in [0.2, 0.25) is 0 Å². The van der Waals surface area contributed by atoms with E-state index >= 15 is 0 Å². The number of nitrogens with two attached hydrogens (primary N) is 1. The average molecular weight is 143 g/mol. The maximum Gasteiger partial charge on any atom is 0.320 e. The van der Waals surface area contributed by atoms with E-state index in [1.807, 2.05) is 5.92 Å². The van der Waals surface area contributed by atoms with Gasteiger partial charge in [-0.25, -0.2) is 0 Å². The lowest BCUT2D eigenvalue weighted by molar-refractivity contribution is -0.139. The zero-order valence-corrected chi connectivity index (χ0v) is 5.32. The van der Waals surface area contributed by atoms with Crippen molar-refractivity contribution in [1.29, 1.82) is 0 Å². The number of carboxylic acid groups (broad SMARTS) is 1. The number of aliphatic hydroxyl groups is 1. The predicted octanol–water partition coefficient (Wildman–Crippen LogP) is -1.22. The molecule has 0 unspecified atom stereocenters. The van der Waals surface area contributed by atoms with Gasteiger partial charge in [-0.15, -0.1) is 6.42 Å². The second-order valence-electron chi connectivity index (χ2n) is 1.86. The summed E-state index contributed by atoms with van der Waals surface area (Å²) < 4.78 is 0. The molecular weight excluding hydrogens is 134 g/mol. The lowest BCUT2D eigenvalue weighted by Crippen LogP contribution is -2.33. The first-order chi connectivity index (χ1) is 4.57. The van der Waals surface area contributed by atoms with Crippen molar-refractivity contribution in [2.24, 2.45) is 5.73 Å². The Hall–Kier alpha value is -1.05. The Morgan fingerprint density at radius 2 is 2.30 bits per heavy atom. The topological polar surface area (TPSA) is 83.5 Å². The molecule has 0 aliphatic carbocycles. The predicted molar refractivity (Wildman–Crippen MR) is 35.1 cm³/mol. The van der Waals surface area contributed by atoms with Gasteiger partial charge in [0.2, 0.25) is 0 Å². The van der Waals surface area contributed by atoms with Crippen molar-refractivity contribution in [2.75, 3.05) is 0 Å². The van der Waals surface area contributed by atoms with Crippen LogP contribution in [0.15, 0.2) is 0 Å². The largest absolute Gasteiger partial charge is 0.480 e. The Bertz CT molecular complexity index is 161. The number of rotatable bonds is 3. The number of aliphatic hydroxyl groups excluding tert-OH is 1. The summed E-state index contributed by atoms with van der Waals surface area (Å²) in [6.45, 7) is 0. The third-order valence-electron chi connectivity index (χ3n) is 0.987. The molecule has 4 heteroatoms. The second kappa shape index (κ2) is 3.88. The van der Waals surface area contributed by atoms with Crippen LogP contribution in [0.1, 0.15) is 6.42 Å². The van der Waals surface area contributed by atoms with E-state index in [2.05, 4.69) is 0 Å². The van der Waals surface area contributed by atoms with Crippen LogP contribution in [0, 0.1) is 12.3 Å². The first kappa shape index (κ1) is 8.95. The molecular formula is C6H9NO3. The molecule has 0 rings (SSSR count). The number of carboxylic acids is 1. The van der Waals surface area contributed by atoms with Gasteiger partial charge in [0.05, 0.1) is 0 Å². The standard InChI is InChI=1S/C6H9NO3/c1-2-4(8)3-5(7)6(9)10/h1,4-5,8H,3,7H2,(H,9,10)/t4-,5-/m1/s1. The van der Waals surface area contributed by atoms with Crippen molar-refractivity contribution in [3.63, 3.8) is 0 Å². The molecule has 10 heavy (non-hydrogen) atoms. The molecule has 0 saturated heterocycles. The van der Waals surface area contributed by atoms with E-state index in [0.717, 1.165) is 0 Å². The van der Waals surface area contributed by atoms with Crippen molar-refractivity contribution in [3.8, 4) is 12.3 Å². The van der Waals surface area contributed by atoms with Crippen LogP contribution in [-0.2, 0) is 4.79 Å². The minimum absolute atomic E-state index is 0.105. The summed E-state index contributed by atoms with van der Waals surface area (Å²) >= 11 is 0. The highest BCUT2D eigenvalue weighted by molar-refractivity contribution is 5.73. The molecule has 0 bridgehead atoms. The summed E-state index contributed by atoms with van der Waals surface area (Å²) in [4.78, 5) is 10.0. The lowest BCUT2D eigenvalue weighted by Gasteiger charge is -2.06. The molecule has 2 atom stereocenters. The van der Waals surface area contributed by atoms with Gasteiger partial charge in [0.1, 0.15) is 12.1 Å². The zero-order chi connectivity index (χ0) is 8.15. The summed E-state index contributed by atoms with van der Waals surface area (Å²) in [7, 11) is 0. The maximum absolute atomic E-state index is 10.0. The van der Waals surface area contributed by atoms with E-state index in [1.54, 1.807) is 0 Å². The quantitative estimate of drug-likeness (QED) is 0.432. The second-order valence-corrected chi connectivity index (χ2v) is 1.86. The van der Waals surface area contributed by atoms with Crippen molar-refractivity contribution in [1.82, 2.24) is 0 Å². The molecule has 0 aliphatic heterocycles. The highest BCUT2D eigenvalue weighted by atomic mass is 16.4. The Labute approximate surface area is 58.7 Å². The molecule has 0 aliphatic rings. The highest BCUT2D eigenvalue weighted by Crippen LogP contribution is 1.93. The molecule has 0 aromatic heterocycles. The Balaban J connectivity index is 3.70. The SMILES string of the molecule is C#C[C@@H](O)C[C@@H](N)C(=O)O. The monoisotopic (exact) mass is 143 g/mol. The Kier molecular flexibility index (Phi) is 3.47. The number of hydrogen-bond acceptors (Lipinski definition) is 3. The van der Waals surface area contributed by atoms with Gasteiger partial charge in [-0.1, -0.05) is 5.92 Å². The summed E-state index contributed by atoms with van der Waals surface area (Å²) in [5.41, 5.74) is 5.04. The molecule has 4 nitrogen and oxygen atoms in total. The summed E-state index contributed by atoms with van der Waals surface area (Å²) in [6, 6.07) is -1.08. The van der Waals surface area contributed by atoms with Crippen molar-refractivity contribution < 1.29 is 15.0 Å². The van der Waals surface area contributed by atoms with Crippen LogP contribution < -0.4 is 5.73 Å². The molecule has 0 amide bonds. The third-order valence-corrected chi connectivity index (χ3v) is 0.987. The van der Waals surface area contributed by atoms with Crippen LogP contribution in [0.4, 0.5) is 0 Å². The van der Waals surface area contributed by atoms with Crippen molar-refractivity contribution >= 4 is 5.97 Å². The number of terminal acetylenes is 1. The van der Waals surface area contributed by atoms with Gasteiger partial charge in [-0.05, 0) is 0 Å². The third kappa shape index (κ3) is 3.07. The molecule has 4 N–H and O–H groups in total. The van der Waals surface area contributed by atoms with Crippen LogP contribution in [0.25, 0.3) is 0 Å². The van der Waals surface area contributed by atoms with Gasteiger partial charge in [0, 0.05) is 6.42 Å². The highest BCUT2D eigenvalue weighted by Gasteiger charge is 2.14. The molecule has 0 saturated carbocycles. The van der Waals surface area contributed by atoms with Crippen LogP contribution in [0.3, 0.4) is 0 Å². The van der Waals surface area contributed by atoms with E-state index in [1.165, 1.54) is 0 Å². The fraction of sp³-hybridized carbons (Fsp3) is 0.500. The summed E-state index contributed by atoms with van der Waals surface area (Å²) in [6.07, 6.45) is 3.60. The van der Waals surface area contributed by atoms with E-state index in [-0.39, 0.29) is 6.42 Å². The first-order valence-electron chi connectivity index (χ1n) is 2.70. The van der Waals surface area contributed by atoms with E-state index in [0.29, 0.717) is 0 Å². The lowest BCUT2D eigenvalue weighted by atomic mass is 10.1. The molecule has 0 fully saturated rings. The van der Waals surface area contributed by atoms with E-state index in [4.69, 9.17) is 22.4 Å². The Morgan fingerprint density at radius 3 is 2.60 bits per heavy atom. The molecule has 0 aromatic carbocycles. The van der Waals surface area contributed by atoms with Gasteiger partial charge >= 0.3 is 5.97 Å². The smallest absolute Gasteiger partial charge is 0.320 e. The molecule has 56 valence electrons. The van der Waals surface area contributed by atoms with E-state index < -0.39 is 18.1 Å². The van der Waals surface area contributed by atoms with Crippen LogP contribution in [-0.4, -0.2) is 28.3 Å². The molecule has 0 heterocycles. The van der Waals surface area contributed by atoms with Crippen molar-refractivity contribution in [2.45, 2.75) is 18.6 Å². The number of hydrogen-bond donors (Lipinski definition) is 3. The van der Waals surface area contributed by atoms with Gasteiger partial charge in [-0.2, -0.15) is 0 Å². The van der Waals surface area contributed by atoms with Crippen LogP contribution >= 0.6 is 0 Å². The minimum atomic E-state index is -1.16. The van der Waals surface area contributed by atoms with Crippen LogP contribution in [0.5, 0.6) is 0 Å². The Morgan fingerprint density at radius 1 is 1.80 bits per heavy atom. The van der Waals surface area contributed by atoms with Gasteiger partial charge in [0.15, 0.2) is 0 Å². The summed E-state index contributed by atoms with van der Waals surface area (Å²) in [5, 5.41) is 16.9. The number of carbonyl (C=O) groups is 1. The zero-order valence-electron chi connectivity index (χ0n) is 5.32. The van der Waals surface area contributed by atoms with Gasteiger partial charge in [0.25, 0.3) is 0 Å². The minimum Gasteiger partial charge on any atom is -0.480 e. The van der Waals surface area contributed by atoms with Gasteiger partial charge < -0.3 is 15.9 Å². The summed E-state index contributed by atoms with van der Waals surface area (Å²) in [5.74, 6) is 0.805. The fourth-order valence-corrected chi connectivity index (χ4v) is 0.409. The van der Waals surface area contributed by atoms with E-state index in [9.17, 15) is 4.79 Å². The molecule has 0 spiro atoms. The maximum atomic E-state index is 10.0. The first-order valence-corrected chi connectivity index (χ1v) is 2.70. The van der Waals surface area contributed by atoms with Crippen molar-refractivity contribution in [3.05, 3.63) is 0 Å². The average Bonchev–Trinajstić information content (AvgIpc) is 1.87. The number of aliphatic carboxylic acids is 1.